The number of halogens is 1. The molecule has 202 valence electrons. The van der Waals surface area contributed by atoms with Gasteiger partial charge in [0.2, 0.25) is 0 Å². The molecule has 6 nitrogen and oxygen atoms in total. The fraction of sp³-hybridized carbons (Fsp3) is 0.533. The van der Waals surface area contributed by atoms with Crippen molar-refractivity contribution >= 4 is 23.5 Å². The summed E-state index contributed by atoms with van der Waals surface area (Å²) in [5.41, 5.74) is 2.86. The summed E-state index contributed by atoms with van der Waals surface area (Å²) in [6, 6.07) is 13.7. The molecule has 0 amide bonds. The van der Waals surface area contributed by atoms with Crippen LogP contribution in [0, 0.1) is 0 Å². The van der Waals surface area contributed by atoms with Gasteiger partial charge in [-0.1, -0.05) is 56.5 Å². The quantitative estimate of drug-likeness (QED) is 0.250. The van der Waals surface area contributed by atoms with E-state index in [-0.39, 0.29) is 24.6 Å². The third kappa shape index (κ3) is 8.75. The molecule has 0 spiro atoms. The van der Waals surface area contributed by atoms with Gasteiger partial charge < -0.3 is 18.9 Å². The molecular formula is C30H39ClO6. The van der Waals surface area contributed by atoms with Gasteiger partial charge >= 0.3 is 11.9 Å². The van der Waals surface area contributed by atoms with Crippen LogP contribution in [0.25, 0.3) is 11.1 Å². The Morgan fingerprint density at radius 2 is 1.65 bits per heavy atom. The molecule has 1 unspecified atom stereocenters. The number of benzene rings is 2. The Morgan fingerprint density at radius 1 is 0.946 bits per heavy atom. The number of ether oxygens (including phenoxy) is 4. The van der Waals surface area contributed by atoms with E-state index in [1.54, 1.807) is 0 Å². The van der Waals surface area contributed by atoms with Crippen molar-refractivity contribution in [1.29, 1.82) is 0 Å². The normalized spacial score (nSPS) is 19.3. The van der Waals surface area contributed by atoms with Crippen molar-refractivity contribution in [2.24, 2.45) is 0 Å². The van der Waals surface area contributed by atoms with Crippen LogP contribution in [0.15, 0.2) is 42.5 Å². The molecule has 0 radical (unpaired) electrons. The number of hydrogen-bond acceptors (Lipinski definition) is 6. The van der Waals surface area contributed by atoms with Crippen LogP contribution in [0.1, 0.15) is 83.8 Å². The summed E-state index contributed by atoms with van der Waals surface area (Å²) in [6.07, 6.45) is 4.24. The fourth-order valence-electron chi connectivity index (χ4n) is 4.37. The minimum Gasteiger partial charge on any atom is -0.494 e. The van der Waals surface area contributed by atoms with Crippen molar-refractivity contribution in [3.63, 3.8) is 0 Å². The second kappa shape index (κ2) is 15.0. The van der Waals surface area contributed by atoms with Gasteiger partial charge in [0.15, 0.2) is 0 Å². The maximum atomic E-state index is 12.3. The van der Waals surface area contributed by atoms with Gasteiger partial charge in [0, 0.05) is 23.4 Å². The molecule has 37 heavy (non-hydrogen) atoms. The van der Waals surface area contributed by atoms with Gasteiger partial charge in [-0.15, -0.1) is 0 Å². The van der Waals surface area contributed by atoms with Crippen molar-refractivity contribution in [2.75, 3.05) is 13.2 Å². The maximum absolute atomic E-state index is 12.3. The van der Waals surface area contributed by atoms with Crippen molar-refractivity contribution < 1.29 is 28.5 Å². The van der Waals surface area contributed by atoms with Crippen LogP contribution in [0.2, 0.25) is 5.02 Å². The van der Waals surface area contributed by atoms with E-state index in [9.17, 15) is 9.59 Å². The zero-order chi connectivity index (χ0) is 26.6. The summed E-state index contributed by atoms with van der Waals surface area (Å²) in [4.78, 5) is 24.5. The van der Waals surface area contributed by atoms with Crippen LogP contribution < -0.4 is 4.74 Å². The highest BCUT2D eigenvalue weighted by atomic mass is 35.5. The second-order valence-corrected chi connectivity index (χ2v) is 9.76. The molecule has 7 heteroatoms. The van der Waals surface area contributed by atoms with Crippen LogP contribution in [-0.4, -0.2) is 37.4 Å². The van der Waals surface area contributed by atoms with E-state index in [1.807, 2.05) is 63.2 Å². The Labute approximate surface area is 225 Å². The first-order valence-corrected chi connectivity index (χ1v) is 13.9. The summed E-state index contributed by atoms with van der Waals surface area (Å²) < 4.78 is 23.2. The Morgan fingerprint density at radius 3 is 2.32 bits per heavy atom. The van der Waals surface area contributed by atoms with E-state index in [0.717, 1.165) is 48.1 Å². The standard InChI is InChI=1S/C30H39ClO6/c1-4-7-9-29(32)35-20-28-27(37-30(33)10-8-5-2)18-17-26(36-28)22-13-16-25(31)24(19-22)21-11-14-23(15-12-21)34-6-3/h11-16,19,26-28H,4-10,17-18,20H2,1-3H3/t26?,27-,28-/m1/s1. The molecule has 1 saturated heterocycles. The highest BCUT2D eigenvalue weighted by Gasteiger charge is 2.35. The van der Waals surface area contributed by atoms with Crippen molar-refractivity contribution in [1.82, 2.24) is 0 Å². The molecule has 0 N–H and O–H groups in total. The number of hydrogen-bond donors (Lipinski definition) is 0. The SMILES string of the molecule is CCCCC(=O)OC[C@H]1OC(c2ccc(Cl)c(-c3ccc(OCC)cc3)c2)CC[C@H]1OC(=O)CCCC. The predicted octanol–water partition coefficient (Wildman–Crippen LogP) is 7.46. The van der Waals surface area contributed by atoms with Crippen molar-refractivity contribution in [2.45, 2.75) is 90.4 Å². The van der Waals surface area contributed by atoms with E-state index >= 15 is 0 Å². The summed E-state index contributed by atoms with van der Waals surface area (Å²) in [6.45, 7) is 6.69. The fourth-order valence-corrected chi connectivity index (χ4v) is 4.60. The van der Waals surface area contributed by atoms with Crippen molar-refractivity contribution in [3.8, 4) is 16.9 Å². The van der Waals surface area contributed by atoms with Crippen LogP contribution in [0.4, 0.5) is 0 Å². The first-order chi connectivity index (χ1) is 17.9. The van der Waals surface area contributed by atoms with Crippen LogP contribution in [0.5, 0.6) is 5.75 Å². The first kappa shape index (κ1) is 29.0. The third-order valence-corrected chi connectivity index (χ3v) is 6.80. The average Bonchev–Trinajstić information content (AvgIpc) is 2.91. The maximum Gasteiger partial charge on any atom is 0.306 e. The summed E-state index contributed by atoms with van der Waals surface area (Å²) in [7, 11) is 0. The molecule has 1 fully saturated rings. The third-order valence-electron chi connectivity index (χ3n) is 6.47. The first-order valence-electron chi connectivity index (χ1n) is 13.5. The van der Waals surface area contributed by atoms with E-state index in [0.29, 0.717) is 37.3 Å². The van der Waals surface area contributed by atoms with E-state index < -0.39 is 12.2 Å². The van der Waals surface area contributed by atoms with Crippen LogP contribution in [0.3, 0.4) is 0 Å². The number of unbranched alkanes of at least 4 members (excludes halogenated alkanes) is 2. The predicted molar refractivity (Wildman–Crippen MR) is 145 cm³/mol. The lowest BCUT2D eigenvalue weighted by molar-refractivity contribution is -0.184. The van der Waals surface area contributed by atoms with Gasteiger partial charge in [-0.3, -0.25) is 9.59 Å². The Bertz CT molecular complexity index is 1010. The zero-order valence-corrected chi connectivity index (χ0v) is 22.9. The molecule has 1 aliphatic heterocycles. The topological polar surface area (TPSA) is 71.1 Å². The molecule has 3 rings (SSSR count). The second-order valence-electron chi connectivity index (χ2n) is 9.36. The minimum absolute atomic E-state index is 0.0596. The Balaban J connectivity index is 1.75. The molecule has 2 aromatic rings. The largest absolute Gasteiger partial charge is 0.494 e. The smallest absolute Gasteiger partial charge is 0.306 e. The average molecular weight is 531 g/mol. The lowest BCUT2D eigenvalue weighted by Crippen LogP contribution is -2.42. The van der Waals surface area contributed by atoms with E-state index in [1.165, 1.54) is 0 Å². The molecular weight excluding hydrogens is 492 g/mol. The summed E-state index contributed by atoms with van der Waals surface area (Å²) in [5.74, 6) is 0.318. The Kier molecular flexibility index (Phi) is 11.7. The highest BCUT2D eigenvalue weighted by molar-refractivity contribution is 6.33. The van der Waals surface area contributed by atoms with Crippen LogP contribution in [-0.2, 0) is 23.8 Å². The van der Waals surface area contributed by atoms with Crippen molar-refractivity contribution in [3.05, 3.63) is 53.1 Å². The molecule has 3 atom stereocenters. The lowest BCUT2D eigenvalue weighted by Gasteiger charge is -2.36. The molecule has 1 aliphatic rings. The monoisotopic (exact) mass is 530 g/mol. The molecule has 1 heterocycles. The number of carbonyl (C=O) groups excluding carboxylic acids is 2. The number of esters is 2. The molecule has 0 aromatic heterocycles. The minimum atomic E-state index is -0.528. The van der Waals surface area contributed by atoms with Gasteiger partial charge in [-0.05, 0) is 68.0 Å². The van der Waals surface area contributed by atoms with E-state index in [2.05, 4.69) is 0 Å². The highest BCUT2D eigenvalue weighted by Crippen LogP contribution is 2.37. The van der Waals surface area contributed by atoms with Gasteiger partial charge in [0.1, 0.15) is 24.6 Å². The molecule has 0 saturated carbocycles. The van der Waals surface area contributed by atoms with Crippen LogP contribution >= 0.6 is 11.6 Å². The van der Waals surface area contributed by atoms with Gasteiger partial charge in [0.25, 0.3) is 0 Å². The Hall–Kier alpha value is -2.57. The van der Waals surface area contributed by atoms with E-state index in [4.69, 9.17) is 30.5 Å². The number of rotatable bonds is 13. The molecule has 2 aromatic carbocycles. The zero-order valence-electron chi connectivity index (χ0n) is 22.2. The van der Waals surface area contributed by atoms with Gasteiger partial charge in [-0.2, -0.15) is 0 Å². The summed E-state index contributed by atoms with van der Waals surface area (Å²) in [5, 5.41) is 0.646. The lowest BCUT2D eigenvalue weighted by atomic mass is 9.94. The summed E-state index contributed by atoms with van der Waals surface area (Å²) >= 11 is 6.56. The van der Waals surface area contributed by atoms with Gasteiger partial charge in [0.05, 0.1) is 12.7 Å². The molecule has 0 bridgehead atoms. The number of carbonyl (C=O) groups is 2. The molecule has 0 aliphatic carbocycles. The van der Waals surface area contributed by atoms with Gasteiger partial charge in [-0.25, -0.2) is 0 Å².